The standard InChI is InChI=1S/C11H14NO/c13-11(6-8-12-9-7-11)10-4-2-1-3-5-10/h1-5,13H,6-9H2/q-1. The van der Waals surface area contributed by atoms with Gasteiger partial charge in [0.2, 0.25) is 0 Å². The van der Waals surface area contributed by atoms with Crippen LogP contribution < -0.4 is 0 Å². The SMILES string of the molecule is OC1(c2ccccc2)CC[N-]CC1. The molecule has 1 aromatic rings. The van der Waals surface area contributed by atoms with E-state index in [-0.39, 0.29) is 0 Å². The molecule has 0 saturated carbocycles. The molecule has 2 nitrogen and oxygen atoms in total. The Morgan fingerprint density at radius 1 is 1.08 bits per heavy atom. The lowest BCUT2D eigenvalue weighted by atomic mass is 9.85. The van der Waals surface area contributed by atoms with E-state index >= 15 is 0 Å². The average molecular weight is 176 g/mol. The van der Waals surface area contributed by atoms with E-state index in [9.17, 15) is 5.11 Å². The van der Waals surface area contributed by atoms with Gasteiger partial charge in [0.15, 0.2) is 0 Å². The highest BCUT2D eigenvalue weighted by atomic mass is 16.3. The predicted molar refractivity (Wildman–Crippen MR) is 52.7 cm³/mol. The van der Waals surface area contributed by atoms with Crippen LogP contribution in [0.3, 0.4) is 0 Å². The molecule has 0 amide bonds. The second-order valence-corrected chi connectivity index (χ2v) is 3.57. The molecule has 1 N–H and O–H groups in total. The van der Waals surface area contributed by atoms with Crippen molar-refractivity contribution in [2.45, 2.75) is 18.4 Å². The fourth-order valence-electron chi connectivity index (χ4n) is 1.80. The van der Waals surface area contributed by atoms with Gasteiger partial charge in [-0.05, 0) is 18.4 Å². The minimum atomic E-state index is -0.622. The van der Waals surface area contributed by atoms with Crippen molar-refractivity contribution < 1.29 is 5.11 Å². The summed E-state index contributed by atoms with van der Waals surface area (Å²) in [5, 5.41) is 14.5. The average Bonchev–Trinajstić information content (AvgIpc) is 2.20. The van der Waals surface area contributed by atoms with Crippen molar-refractivity contribution in [3.63, 3.8) is 0 Å². The molecule has 1 heterocycles. The molecular formula is C11H14NO-. The van der Waals surface area contributed by atoms with Crippen molar-refractivity contribution in [1.29, 1.82) is 0 Å². The summed E-state index contributed by atoms with van der Waals surface area (Å²) in [5.74, 6) is 0. The Labute approximate surface area is 78.6 Å². The highest BCUT2D eigenvalue weighted by molar-refractivity contribution is 5.23. The Morgan fingerprint density at radius 3 is 2.31 bits per heavy atom. The maximum absolute atomic E-state index is 10.3. The van der Waals surface area contributed by atoms with Gasteiger partial charge < -0.3 is 10.4 Å². The first-order valence-corrected chi connectivity index (χ1v) is 4.72. The minimum absolute atomic E-state index is 0.622. The third-order valence-electron chi connectivity index (χ3n) is 2.68. The quantitative estimate of drug-likeness (QED) is 0.698. The minimum Gasteiger partial charge on any atom is -0.662 e. The molecule has 1 fully saturated rings. The molecule has 0 unspecified atom stereocenters. The summed E-state index contributed by atoms with van der Waals surface area (Å²) in [6, 6.07) is 9.90. The molecule has 1 aliphatic rings. The molecule has 1 aromatic carbocycles. The molecule has 1 saturated heterocycles. The van der Waals surface area contributed by atoms with Crippen LogP contribution in [0.2, 0.25) is 0 Å². The van der Waals surface area contributed by atoms with Gasteiger partial charge >= 0.3 is 0 Å². The largest absolute Gasteiger partial charge is 0.662 e. The maximum atomic E-state index is 10.3. The van der Waals surface area contributed by atoms with Crippen LogP contribution in [-0.4, -0.2) is 18.2 Å². The summed E-state index contributed by atoms with van der Waals surface area (Å²) in [7, 11) is 0. The van der Waals surface area contributed by atoms with Gasteiger partial charge in [0.25, 0.3) is 0 Å². The fourth-order valence-corrected chi connectivity index (χ4v) is 1.80. The maximum Gasteiger partial charge on any atom is 0.0863 e. The molecule has 0 radical (unpaired) electrons. The van der Waals surface area contributed by atoms with E-state index in [1.807, 2.05) is 30.3 Å². The monoisotopic (exact) mass is 176 g/mol. The zero-order valence-corrected chi connectivity index (χ0v) is 7.61. The highest BCUT2D eigenvalue weighted by Gasteiger charge is 2.27. The molecule has 2 heteroatoms. The molecule has 0 atom stereocenters. The van der Waals surface area contributed by atoms with Crippen LogP contribution in [0, 0.1) is 0 Å². The molecule has 0 aliphatic carbocycles. The van der Waals surface area contributed by atoms with E-state index in [0.717, 1.165) is 31.5 Å². The molecule has 13 heavy (non-hydrogen) atoms. The Hall–Kier alpha value is -0.860. The summed E-state index contributed by atoms with van der Waals surface area (Å²) in [6.07, 6.45) is 1.52. The van der Waals surface area contributed by atoms with E-state index in [4.69, 9.17) is 0 Å². The molecule has 70 valence electrons. The van der Waals surface area contributed by atoms with Gasteiger partial charge in [-0.15, -0.1) is 13.1 Å². The van der Waals surface area contributed by atoms with Crippen LogP contribution in [0.25, 0.3) is 5.32 Å². The summed E-state index contributed by atoms with van der Waals surface area (Å²) in [4.78, 5) is 0. The number of hydrogen-bond acceptors (Lipinski definition) is 1. The Balaban J connectivity index is 2.23. The van der Waals surface area contributed by atoms with Crippen LogP contribution in [0.15, 0.2) is 30.3 Å². The van der Waals surface area contributed by atoms with Crippen LogP contribution in [0.1, 0.15) is 18.4 Å². The third-order valence-corrected chi connectivity index (χ3v) is 2.68. The van der Waals surface area contributed by atoms with Gasteiger partial charge in [0, 0.05) is 0 Å². The van der Waals surface area contributed by atoms with Crippen LogP contribution in [-0.2, 0) is 5.60 Å². The lowest BCUT2D eigenvalue weighted by Crippen LogP contribution is -2.31. The molecule has 0 spiro atoms. The number of nitrogens with zero attached hydrogens (tertiary/aromatic N) is 1. The van der Waals surface area contributed by atoms with Crippen molar-refractivity contribution in [2.24, 2.45) is 0 Å². The van der Waals surface area contributed by atoms with Gasteiger partial charge in [-0.2, -0.15) is 0 Å². The van der Waals surface area contributed by atoms with Gasteiger partial charge in [-0.3, -0.25) is 0 Å². The first kappa shape index (κ1) is 8.73. The predicted octanol–water partition coefficient (Wildman–Crippen LogP) is 2.04. The zero-order chi connectivity index (χ0) is 9.15. The van der Waals surface area contributed by atoms with Gasteiger partial charge in [0.1, 0.15) is 0 Å². The fraction of sp³-hybridized carbons (Fsp3) is 0.455. The second kappa shape index (κ2) is 3.48. The first-order valence-electron chi connectivity index (χ1n) is 4.72. The van der Waals surface area contributed by atoms with Crippen LogP contribution >= 0.6 is 0 Å². The van der Waals surface area contributed by atoms with E-state index < -0.39 is 5.60 Å². The Morgan fingerprint density at radius 2 is 1.69 bits per heavy atom. The highest BCUT2D eigenvalue weighted by Crippen LogP contribution is 2.32. The topological polar surface area (TPSA) is 34.3 Å². The number of piperidine rings is 1. The summed E-state index contributed by atoms with van der Waals surface area (Å²) >= 11 is 0. The van der Waals surface area contributed by atoms with Crippen LogP contribution in [0.4, 0.5) is 0 Å². The lowest BCUT2D eigenvalue weighted by Gasteiger charge is -2.39. The number of aliphatic hydroxyl groups is 1. The first-order chi connectivity index (χ1) is 6.31. The molecule has 0 aromatic heterocycles. The number of benzene rings is 1. The second-order valence-electron chi connectivity index (χ2n) is 3.57. The molecule has 2 rings (SSSR count). The molecule has 0 bridgehead atoms. The Kier molecular flexibility index (Phi) is 2.34. The van der Waals surface area contributed by atoms with E-state index in [0.29, 0.717) is 0 Å². The third kappa shape index (κ3) is 1.74. The molecule has 1 aliphatic heterocycles. The smallest absolute Gasteiger partial charge is 0.0863 e. The summed E-state index contributed by atoms with van der Waals surface area (Å²) < 4.78 is 0. The van der Waals surface area contributed by atoms with E-state index in [1.165, 1.54) is 0 Å². The van der Waals surface area contributed by atoms with Gasteiger partial charge in [-0.1, -0.05) is 30.3 Å². The Bertz CT molecular complexity index is 265. The zero-order valence-electron chi connectivity index (χ0n) is 7.61. The normalized spacial score (nSPS) is 21.3. The van der Waals surface area contributed by atoms with Crippen molar-refractivity contribution in [1.82, 2.24) is 0 Å². The van der Waals surface area contributed by atoms with Gasteiger partial charge in [0.05, 0.1) is 5.60 Å². The van der Waals surface area contributed by atoms with Crippen molar-refractivity contribution >= 4 is 0 Å². The summed E-state index contributed by atoms with van der Waals surface area (Å²) in [6.45, 7) is 1.57. The number of rotatable bonds is 1. The van der Waals surface area contributed by atoms with E-state index in [2.05, 4.69) is 5.32 Å². The van der Waals surface area contributed by atoms with Crippen molar-refractivity contribution in [3.8, 4) is 0 Å². The van der Waals surface area contributed by atoms with Crippen molar-refractivity contribution in [2.75, 3.05) is 13.1 Å². The number of hydrogen-bond donors (Lipinski definition) is 1. The van der Waals surface area contributed by atoms with E-state index in [1.54, 1.807) is 0 Å². The molecular weight excluding hydrogens is 162 g/mol. The summed E-state index contributed by atoms with van der Waals surface area (Å²) in [5.41, 5.74) is 0.410. The van der Waals surface area contributed by atoms with Crippen molar-refractivity contribution in [3.05, 3.63) is 41.2 Å². The lowest BCUT2D eigenvalue weighted by molar-refractivity contribution is 0.0188. The van der Waals surface area contributed by atoms with Gasteiger partial charge in [-0.25, -0.2) is 0 Å². The van der Waals surface area contributed by atoms with Crippen LogP contribution in [0.5, 0.6) is 0 Å².